The number of nitrogens with two attached hydrogens (primary N) is 1. The quantitative estimate of drug-likeness (QED) is 0.750. The lowest BCUT2D eigenvalue weighted by Gasteiger charge is -2.36. The highest BCUT2D eigenvalue weighted by Gasteiger charge is 2.27. The van der Waals surface area contributed by atoms with Crippen LogP contribution in [-0.4, -0.2) is 42.5 Å². The molecule has 1 rings (SSSR count). The molecular formula is C14H29N3O. The molecule has 0 radical (unpaired) electrons. The van der Waals surface area contributed by atoms with Crippen LogP contribution < -0.4 is 11.1 Å². The summed E-state index contributed by atoms with van der Waals surface area (Å²) < 4.78 is 0. The maximum atomic E-state index is 11.4. The first-order chi connectivity index (χ1) is 8.45. The second kappa shape index (κ2) is 7.10. The summed E-state index contributed by atoms with van der Waals surface area (Å²) in [5, 5.41) is 3.43. The molecule has 1 amide bonds. The Balaban J connectivity index is 2.45. The first-order valence-electron chi connectivity index (χ1n) is 7.23. The molecule has 1 aliphatic rings. The topological polar surface area (TPSA) is 58.4 Å². The molecule has 1 fully saturated rings. The van der Waals surface area contributed by atoms with Gasteiger partial charge in [0.1, 0.15) is 0 Å². The molecule has 0 bridgehead atoms. The second-order valence-corrected chi connectivity index (χ2v) is 5.85. The molecule has 0 aromatic rings. The normalized spacial score (nSPS) is 22.1. The first-order valence-corrected chi connectivity index (χ1v) is 7.23. The number of hydrogen-bond donors (Lipinski definition) is 2. The maximum Gasteiger partial charge on any atom is 0.234 e. The number of amides is 1. The van der Waals surface area contributed by atoms with Crippen molar-refractivity contribution in [3.05, 3.63) is 0 Å². The monoisotopic (exact) mass is 255 g/mol. The van der Waals surface area contributed by atoms with Crippen LogP contribution in [0, 0.1) is 11.8 Å². The van der Waals surface area contributed by atoms with Crippen LogP contribution in [0.4, 0.5) is 0 Å². The average molecular weight is 255 g/mol. The molecule has 0 saturated carbocycles. The number of rotatable bonds is 6. The van der Waals surface area contributed by atoms with Gasteiger partial charge < -0.3 is 16.0 Å². The summed E-state index contributed by atoms with van der Waals surface area (Å²) in [6, 6.07) is 0.160. The zero-order chi connectivity index (χ0) is 13.7. The van der Waals surface area contributed by atoms with Crippen molar-refractivity contribution in [1.29, 1.82) is 0 Å². The lowest BCUT2D eigenvalue weighted by atomic mass is 9.89. The molecule has 4 heteroatoms. The molecule has 0 aromatic heterocycles. The number of hydrogen-bond acceptors (Lipinski definition) is 3. The number of primary amides is 1. The fourth-order valence-corrected chi connectivity index (χ4v) is 2.79. The van der Waals surface area contributed by atoms with Crippen LogP contribution in [0.3, 0.4) is 0 Å². The van der Waals surface area contributed by atoms with Crippen LogP contribution in [0.1, 0.15) is 40.5 Å². The van der Waals surface area contributed by atoms with Crippen molar-refractivity contribution < 1.29 is 4.79 Å². The van der Waals surface area contributed by atoms with Crippen molar-refractivity contribution in [3.63, 3.8) is 0 Å². The number of likely N-dealkylation sites (tertiary alicyclic amines) is 1. The van der Waals surface area contributed by atoms with Crippen molar-refractivity contribution in [1.82, 2.24) is 10.2 Å². The molecule has 2 atom stereocenters. The van der Waals surface area contributed by atoms with Gasteiger partial charge in [0, 0.05) is 6.04 Å². The summed E-state index contributed by atoms with van der Waals surface area (Å²) in [4.78, 5) is 13.9. The van der Waals surface area contributed by atoms with Crippen LogP contribution >= 0.6 is 0 Å². The lowest BCUT2D eigenvalue weighted by Crippen LogP contribution is -2.52. The van der Waals surface area contributed by atoms with Crippen LogP contribution in [-0.2, 0) is 4.79 Å². The number of carbonyl (C=O) groups excluding carboxylic acids is 1. The van der Waals surface area contributed by atoms with Gasteiger partial charge in [-0.3, -0.25) is 4.79 Å². The molecule has 18 heavy (non-hydrogen) atoms. The Hall–Kier alpha value is -0.610. The van der Waals surface area contributed by atoms with E-state index in [1.54, 1.807) is 0 Å². The molecule has 0 aromatic carbocycles. The summed E-state index contributed by atoms with van der Waals surface area (Å²) in [7, 11) is 0. The summed E-state index contributed by atoms with van der Waals surface area (Å²) >= 11 is 0. The van der Waals surface area contributed by atoms with E-state index in [9.17, 15) is 4.79 Å². The molecule has 1 aliphatic heterocycles. The van der Waals surface area contributed by atoms with Gasteiger partial charge in [-0.1, -0.05) is 20.8 Å². The maximum absolute atomic E-state index is 11.4. The highest BCUT2D eigenvalue weighted by molar-refractivity contribution is 5.80. The zero-order valence-corrected chi connectivity index (χ0v) is 12.3. The van der Waals surface area contributed by atoms with E-state index in [4.69, 9.17) is 5.73 Å². The van der Waals surface area contributed by atoms with Gasteiger partial charge in [-0.2, -0.15) is 0 Å². The van der Waals surface area contributed by atoms with Crippen LogP contribution in [0.15, 0.2) is 0 Å². The van der Waals surface area contributed by atoms with Gasteiger partial charge >= 0.3 is 0 Å². The van der Waals surface area contributed by atoms with Crippen molar-refractivity contribution in [2.45, 2.75) is 52.6 Å². The van der Waals surface area contributed by atoms with Crippen molar-refractivity contribution in [2.75, 3.05) is 19.6 Å². The first kappa shape index (κ1) is 15.4. The summed E-state index contributed by atoms with van der Waals surface area (Å²) in [5.74, 6) is 0.678. The minimum atomic E-state index is -0.233. The van der Waals surface area contributed by atoms with E-state index in [2.05, 4.69) is 24.1 Å². The fourth-order valence-electron chi connectivity index (χ4n) is 2.79. The molecular weight excluding hydrogens is 226 g/mol. The Bertz CT molecular complexity index is 260. The standard InChI is InChI=1S/C14H29N3O/c1-5-17-8-6-12(7-9-17)11(4)16-13(10(2)3)14(15)18/h10-13,16H,5-9H2,1-4H3,(H2,15,18). The van der Waals surface area contributed by atoms with Gasteiger partial charge in [-0.25, -0.2) is 0 Å². The van der Waals surface area contributed by atoms with E-state index in [1.165, 1.54) is 25.9 Å². The van der Waals surface area contributed by atoms with Crippen LogP contribution in [0.25, 0.3) is 0 Å². The minimum Gasteiger partial charge on any atom is -0.368 e. The molecule has 1 heterocycles. The minimum absolute atomic E-state index is 0.204. The second-order valence-electron chi connectivity index (χ2n) is 5.85. The molecule has 1 saturated heterocycles. The van der Waals surface area contributed by atoms with Gasteiger partial charge in [0.25, 0.3) is 0 Å². The Kier molecular flexibility index (Phi) is 6.09. The Morgan fingerprint density at radius 2 is 1.89 bits per heavy atom. The van der Waals surface area contributed by atoms with Gasteiger partial charge in [0.15, 0.2) is 0 Å². The van der Waals surface area contributed by atoms with Crippen molar-refractivity contribution in [3.8, 4) is 0 Å². The van der Waals surface area contributed by atoms with E-state index < -0.39 is 0 Å². The lowest BCUT2D eigenvalue weighted by molar-refractivity contribution is -0.121. The highest BCUT2D eigenvalue weighted by atomic mass is 16.1. The summed E-state index contributed by atoms with van der Waals surface area (Å²) in [6.07, 6.45) is 2.43. The van der Waals surface area contributed by atoms with Gasteiger partial charge in [-0.05, 0) is 51.2 Å². The van der Waals surface area contributed by atoms with Gasteiger partial charge in [0.05, 0.1) is 6.04 Å². The van der Waals surface area contributed by atoms with E-state index in [-0.39, 0.29) is 17.9 Å². The molecule has 0 aliphatic carbocycles. The average Bonchev–Trinajstić information content (AvgIpc) is 2.35. The molecule has 0 spiro atoms. The Morgan fingerprint density at radius 1 is 1.33 bits per heavy atom. The number of nitrogens with one attached hydrogen (secondary N) is 1. The molecule has 3 N–H and O–H groups in total. The van der Waals surface area contributed by atoms with Gasteiger partial charge in [0.2, 0.25) is 5.91 Å². The van der Waals surface area contributed by atoms with E-state index >= 15 is 0 Å². The third-order valence-corrected chi connectivity index (χ3v) is 4.20. The molecule has 106 valence electrons. The largest absolute Gasteiger partial charge is 0.368 e. The Labute approximate surface area is 111 Å². The third kappa shape index (κ3) is 4.25. The van der Waals surface area contributed by atoms with E-state index in [0.29, 0.717) is 12.0 Å². The predicted molar refractivity (Wildman–Crippen MR) is 75.3 cm³/mol. The number of piperidine rings is 1. The number of carbonyl (C=O) groups is 1. The smallest absolute Gasteiger partial charge is 0.234 e. The van der Waals surface area contributed by atoms with Crippen molar-refractivity contribution in [2.24, 2.45) is 17.6 Å². The molecule has 4 nitrogen and oxygen atoms in total. The number of nitrogens with zero attached hydrogens (tertiary/aromatic N) is 1. The highest BCUT2D eigenvalue weighted by Crippen LogP contribution is 2.21. The SMILES string of the molecule is CCN1CCC(C(C)NC(C(N)=O)C(C)C)CC1. The zero-order valence-electron chi connectivity index (χ0n) is 12.3. The van der Waals surface area contributed by atoms with E-state index in [1.807, 2.05) is 13.8 Å². The van der Waals surface area contributed by atoms with Crippen molar-refractivity contribution >= 4 is 5.91 Å². The Morgan fingerprint density at radius 3 is 2.28 bits per heavy atom. The molecule has 2 unspecified atom stereocenters. The van der Waals surface area contributed by atoms with E-state index in [0.717, 1.165) is 6.54 Å². The summed E-state index contributed by atoms with van der Waals surface area (Å²) in [5.41, 5.74) is 5.45. The summed E-state index contributed by atoms with van der Waals surface area (Å²) in [6.45, 7) is 12.0. The van der Waals surface area contributed by atoms with Gasteiger partial charge in [-0.15, -0.1) is 0 Å². The predicted octanol–water partition coefficient (Wildman–Crippen LogP) is 1.21. The third-order valence-electron chi connectivity index (χ3n) is 4.20. The van der Waals surface area contributed by atoms with Crippen LogP contribution in [0.5, 0.6) is 0 Å². The fraction of sp³-hybridized carbons (Fsp3) is 0.929. The van der Waals surface area contributed by atoms with Crippen LogP contribution in [0.2, 0.25) is 0 Å².